The summed E-state index contributed by atoms with van der Waals surface area (Å²) in [5.74, 6) is 0.258. The predicted octanol–water partition coefficient (Wildman–Crippen LogP) is 4.68. The van der Waals surface area contributed by atoms with Crippen molar-refractivity contribution < 1.29 is 9.18 Å². The van der Waals surface area contributed by atoms with Gasteiger partial charge in [-0.3, -0.25) is 4.79 Å². The van der Waals surface area contributed by atoms with E-state index in [2.05, 4.69) is 13.8 Å². The first-order chi connectivity index (χ1) is 9.47. The van der Waals surface area contributed by atoms with E-state index in [1.807, 2.05) is 31.2 Å². The molecule has 2 aromatic carbocycles. The zero-order valence-electron chi connectivity index (χ0n) is 12.1. The lowest BCUT2D eigenvalue weighted by molar-refractivity contribution is 0.0992. The maximum absolute atomic E-state index is 13.0. The van der Waals surface area contributed by atoms with Crippen LogP contribution in [-0.2, 0) is 6.42 Å². The van der Waals surface area contributed by atoms with Crippen LogP contribution in [0.4, 0.5) is 4.39 Å². The van der Waals surface area contributed by atoms with Crippen molar-refractivity contribution in [1.29, 1.82) is 0 Å². The Kier molecular flexibility index (Phi) is 4.33. The molecule has 20 heavy (non-hydrogen) atoms. The topological polar surface area (TPSA) is 17.1 Å². The molecule has 2 heteroatoms. The normalized spacial score (nSPS) is 10.8. The second kappa shape index (κ2) is 6.00. The third-order valence-corrected chi connectivity index (χ3v) is 3.55. The SMILES string of the molecule is Cc1cc(F)ccc1CC(=O)c1ccc(C(C)C)cc1. The highest BCUT2D eigenvalue weighted by Crippen LogP contribution is 2.17. The van der Waals surface area contributed by atoms with Crippen molar-refractivity contribution >= 4 is 5.78 Å². The first-order valence-corrected chi connectivity index (χ1v) is 6.85. The van der Waals surface area contributed by atoms with Crippen molar-refractivity contribution in [2.24, 2.45) is 0 Å². The van der Waals surface area contributed by atoms with Crippen LogP contribution in [0, 0.1) is 12.7 Å². The Balaban J connectivity index is 2.15. The molecular weight excluding hydrogens is 251 g/mol. The van der Waals surface area contributed by atoms with Gasteiger partial charge >= 0.3 is 0 Å². The summed E-state index contributed by atoms with van der Waals surface area (Å²) < 4.78 is 13.0. The van der Waals surface area contributed by atoms with Crippen molar-refractivity contribution in [2.75, 3.05) is 0 Å². The summed E-state index contributed by atoms with van der Waals surface area (Å²) in [5.41, 5.74) is 3.62. The number of carbonyl (C=O) groups excluding carboxylic acids is 1. The molecule has 104 valence electrons. The van der Waals surface area contributed by atoms with Crippen LogP contribution in [0.15, 0.2) is 42.5 Å². The summed E-state index contributed by atoms with van der Waals surface area (Å²) in [6.45, 7) is 6.07. The standard InChI is InChI=1S/C18H19FO/c1-12(2)14-4-6-15(7-5-14)18(20)11-16-8-9-17(19)10-13(16)3/h4-10,12H,11H2,1-3H3. The predicted molar refractivity (Wildman–Crippen MR) is 79.7 cm³/mol. The average Bonchev–Trinajstić information content (AvgIpc) is 2.42. The smallest absolute Gasteiger partial charge is 0.167 e. The molecule has 2 aromatic rings. The number of hydrogen-bond donors (Lipinski definition) is 0. The number of aryl methyl sites for hydroxylation is 1. The molecule has 0 aliphatic carbocycles. The monoisotopic (exact) mass is 270 g/mol. The molecule has 0 radical (unpaired) electrons. The summed E-state index contributed by atoms with van der Waals surface area (Å²) in [5, 5.41) is 0. The van der Waals surface area contributed by atoms with Gasteiger partial charge < -0.3 is 0 Å². The minimum absolute atomic E-state index is 0.0648. The zero-order chi connectivity index (χ0) is 14.7. The largest absolute Gasteiger partial charge is 0.294 e. The molecule has 0 amide bonds. The molecule has 0 saturated carbocycles. The van der Waals surface area contributed by atoms with Gasteiger partial charge in [-0.25, -0.2) is 4.39 Å². The molecule has 0 spiro atoms. The van der Waals surface area contributed by atoms with Crippen LogP contribution in [-0.4, -0.2) is 5.78 Å². The number of hydrogen-bond acceptors (Lipinski definition) is 1. The molecule has 0 atom stereocenters. The van der Waals surface area contributed by atoms with Gasteiger partial charge in [0.15, 0.2) is 5.78 Å². The average molecular weight is 270 g/mol. The minimum atomic E-state index is -0.264. The fourth-order valence-corrected chi connectivity index (χ4v) is 2.19. The lowest BCUT2D eigenvalue weighted by Gasteiger charge is -2.08. The van der Waals surface area contributed by atoms with E-state index < -0.39 is 0 Å². The quantitative estimate of drug-likeness (QED) is 0.737. The van der Waals surface area contributed by atoms with Crippen molar-refractivity contribution in [3.8, 4) is 0 Å². The lowest BCUT2D eigenvalue weighted by atomic mass is 9.96. The lowest BCUT2D eigenvalue weighted by Crippen LogP contribution is -2.05. The fourth-order valence-electron chi connectivity index (χ4n) is 2.19. The van der Waals surface area contributed by atoms with E-state index in [0.29, 0.717) is 17.9 Å². The van der Waals surface area contributed by atoms with E-state index in [0.717, 1.165) is 11.1 Å². The Labute approximate surface area is 119 Å². The van der Waals surface area contributed by atoms with Crippen LogP contribution in [0.1, 0.15) is 46.8 Å². The molecule has 0 aliphatic rings. The van der Waals surface area contributed by atoms with Crippen molar-refractivity contribution in [3.05, 3.63) is 70.5 Å². The maximum Gasteiger partial charge on any atom is 0.167 e. The molecule has 1 nitrogen and oxygen atoms in total. The number of halogens is 1. The van der Waals surface area contributed by atoms with Gasteiger partial charge in [0.25, 0.3) is 0 Å². The number of carbonyl (C=O) groups is 1. The third kappa shape index (κ3) is 3.32. The summed E-state index contributed by atoms with van der Waals surface area (Å²) in [6.07, 6.45) is 0.313. The maximum atomic E-state index is 13.0. The molecule has 0 unspecified atom stereocenters. The van der Waals surface area contributed by atoms with Gasteiger partial charge in [-0.05, 0) is 41.7 Å². The Bertz CT molecular complexity index is 612. The molecule has 0 bridgehead atoms. The molecular formula is C18H19FO. The van der Waals surface area contributed by atoms with Crippen LogP contribution in [0.3, 0.4) is 0 Å². The van der Waals surface area contributed by atoms with Gasteiger partial charge in [-0.15, -0.1) is 0 Å². The van der Waals surface area contributed by atoms with E-state index in [4.69, 9.17) is 0 Å². The van der Waals surface area contributed by atoms with E-state index in [1.165, 1.54) is 17.7 Å². The van der Waals surface area contributed by atoms with E-state index in [1.54, 1.807) is 6.07 Å². The molecule has 2 rings (SSSR count). The summed E-state index contributed by atoms with van der Waals surface area (Å²) >= 11 is 0. The Morgan fingerprint density at radius 1 is 1.10 bits per heavy atom. The van der Waals surface area contributed by atoms with Crippen molar-refractivity contribution in [2.45, 2.75) is 33.1 Å². The number of rotatable bonds is 4. The van der Waals surface area contributed by atoms with Crippen LogP contribution in [0.25, 0.3) is 0 Å². The van der Waals surface area contributed by atoms with Gasteiger partial charge in [-0.2, -0.15) is 0 Å². The molecule has 0 heterocycles. The first kappa shape index (κ1) is 14.4. The summed E-state index contributed by atoms with van der Waals surface area (Å²) in [6, 6.07) is 12.3. The van der Waals surface area contributed by atoms with Gasteiger partial charge in [0.05, 0.1) is 0 Å². The summed E-state index contributed by atoms with van der Waals surface area (Å²) in [4.78, 5) is 12.2. The van der Waals surface area contributed by atoms with Gasteiger partial charge in [0.1, 0.15) is 5.82 Å². The van der Waals surface area contributed by atoms with Gasteiger partial charge in [0, 0.05) is 12.0 Å². The Morgan fingerprint density at radius 3 is 2.30 bits per heavy atom. The molecule has 0 N–H and O–H groups in total. The van der Waals surface area contributed by atoms with E-state index in [-0.39, 0.29) is 11.6 Å². The van der Waals surface area contributed by atoms with Crippen LogP contribution in [0.2, 0.25) is 0 Å². The van der Waals surface area contributed by atoms with Crippen LogP contribution < -0.4 is 0 Å². The highest BCUT2D eigenvalue weighted by molar-refractivity contribution is 5.97. The first-order valence-electron chi connectivity index (χ1n) is 6.85. The van der Waals surface area contributed by atoms with Crippen LogP contribution >= 0.6 is 0 Å². The molecule has 0 aliphatic heterocycles. The van der Waals surface area contributed by atoms with Gasteiger partial charge in [-0.1, -0.05) is 44.2 Å². The van der Waals surface area contributed by atoms with Gasteiger partial charge in [0.2, 0.25) is 0 Å². The zero-order valence-corrected chi connectivity index (χ0v) is 12.1. The third-order valence-electron chi connectivity index (χ3n) is 3.55. The number of benzene rings is 2. The number of Topliss-reactive ketones (excluding diaryl/α,β-unsaturated/α-hetero) is 1. The van der Waals surface area contributed by atoms with Crippen molar-refractivity contribution in [3.63, 3.8) is 0 Å². The molecule has 0 saturated heterocycles. The fraction of sp³-hybridized carbons (Fsp3) is 0.278. The summed E-state index contributed by atoms with van der Waals surface area (Å²) in [7, 11) is 0. The second-order valence-corrected chi connectivity index (χ2v) is 5.45. The minimum Gasteiger partial charge on any atom is -0.294 e. The van der Waals surface area contributed by atoms with Crippen LogP contribution in [0.5, 0.6) is 0 Å². The van der Waals surface area contributed by atoms with E-state index >= 15 is 0 Å². The second-order valence-electron chi connectivity index (χ2n) is 5.45. The molecule has 0 aromatic heterocycles. The highest BCUT2D eigenvalue weighted by Gasteiger charge is 2.10. The Morgan fingerprint density at radius 2 is 1.75 bits per heavy atom. The highest BCUT2D eigenvalue weighted by atomic mass is 19.1. The number of ketones is 1. The van der Waals surface area contributed by atoms with E-state index in [9.17, 15) is 9.18 Å². The van der Waals surface area contributed by atoms with Crippen molar-refractivity contribution in [1.82, 2.24) is 0 Å². The molecule has 0 fully saturated rings. The Hall–Kier alpha value is -1.96.